The van der Waals surface area contributed by atoms with Gasteiger partial charge in [-0.1, -0.05) is 30.3 Å². The van der Waals surface area contributed by atoms with Crippen LogP contribution < -0.4 is 0 Å². The van der Waals surface area contributed by atoms with Crippen molar-refractivity contribution < 1.29 is 28.6 Å². The van der Waals surface area contributed by atoms with Crippen LogP contribution in [0.3, 0.4) is 0 Å². The van der Waals surface area contributed by atoms with E-state index in [-0.39, 0.29) is 18.0 Å². The van der Waals surface area contributed by atoms with Crippen LogP contribution in [0.2, 0.25) is 0 Å². The molecular weight excluding hydrogens is 302 g/mol. The molecule has 0 fully saturated rings. The Bertz CT molecular complexity index is 703. The first-order valence-electron chi connectivity index (χ1n) is 6.51. The molecule has 0 unspecified atom stereocenters. The second kappa shape index (κ2) is 7.13. The molecule has 23 heavy (non-hydrogen) atoms. The number of amides is 1. The smallest absolute Gasteiger partial charge is 0.420 e. The van der Waals surface area contributed by atoms with Crippen LogP contribution in [0.4, 0.5) is 4.79 Å². The molecule has 0 bridgehead atoms. The first-order chi connectivity index (χ1) is 11.1. The van der Waals surface area contributed by atoms with E-state index < -0.39 is 18.0 Å². The van der Waals surface area contributed by atoms with Crippen molar-refractivity contribution in [2.45, 2.75) is 6.61 Å². The highest BCUT2D eigenvalue weighted by Gasteiger charge is 2.36. The number of methoxy groups -OCH3 is 2. The summed E-state index contributed by atoms with van der Waals surface area (Å²) in [6.45, 7) is -0.0287. The van der Waals surface area contributed by atoms with Crippen LogP contribution >= 0.6 is 0 Å². The molecule has 1 aromatic rings. The van der Waals surface area contributed by atoms with Gasteiger partial charge in [-0.2, -0.15) is 0 Å². The zero-order valence-electron chi connectivity index (χ0n) is 12.5. The summed E-state index contributed by atoms with van der Waals surface area (Å²) in [4.78, 5) is 36.3. The molecule has 0 radical (unpaired) electrons. The summed E-state index contributed by atoms with van der Waals surface area (Å²) in [5.74, 6) is -1.71. The van der Waals surface area contributed by atoms with Gasteiger partial charge >= 0.3 is 18.0 Å². The molecule has 1 aliphatic heterocycles. The highest BCUT2D eigenvalue weighted by molar-refractivity contribution is 6.00. The van der Waals surface area contributed by atoms with E-state index in [1.165, 1.54) is 0 Å². The summed E-state index contributed by atoms with van der Waals surface area (Å²) in [5, 5.41) is 0. The Morgan fingerprint density at radius 2 is 1.48 bits per heavy atom. The Morgan fingerprint density at radius 3 is 1.96 bits per heavy atom. The molecule has 7 heteroatoms. The molecule has 0 saturated heterocycles. The Kier molecular flexibility index (Phi) is 5.00. The third-order valence-corrected chi connectivity index (χ3v) is 2.89. The quantitative estimate of drug-likeness (QED) is 0.476. The molecule has 0 N–H and O–H groups in total. The number of benzene rings is 1. The van der Waals surface area contributed by atoms with Crippen molar-refractivity contribution in [3.63, 3.8) is 0 Å². The van der Waals surface area contributed by atoms with Crippen LogP contribution in [-0.4, -0.2) is 37.2 Å². The van der Waals surface area contributed by atoms with Gasteiger partial charge in [0.1, 0.15) is 6.61 Å². The number of nitrogens with zero attached hydrogens (tertiary/aromatic N) is 1. The molecule has 0 aliphatic carbocycles. The summed E-state index contributed by atoms with van der Waals surface area (Å²) in [6.07, 6.45) is -0.938. The maximum Gasteiger partial charge on any atom is 0.420 e. The third-order valence-electron chi connectivity index (χ3n) is 2.89. The van der Waals surface area contributed by atoms with Crippen LogP contribution in [0.15, 0.2) is 53.2 Å². The van der Waals surface area contributed by atoms with Gasteiger partial charge in [-0.15, -0.1) is 0 Å². The van der Waals surface area contributed by atoms with Gasteiger partial charge < -0.3 is 14.2 Å². The fourth-order valence-corrected chi connectivity index (χ4v) is 1.79. The first-order valence-corrected chi connectivity index (χ1v) is 6.51. The zero-order chi connectivity index (χ0) is 16.8. The normalized spacial score (nSPS) is 12.3. The second-order valence-corrected chi connectivity index (χ2v) is 4.31. The molecular formula is C16H13NO6. The number of rotatable bonds is 4. The molecule has 118 valence electrons. The monoisotopic (exact) mass is 315 g/mol. The standard InChI is InChI=1S/C16H13NO6/c1-21-14(18)12-8-9-13(15(19)22-2)17(12)16(20)23-10-11-6-4-3-5-7-11/h3-7H,10H2,1-2H3. The van der Waals surface area contributed by atoms with Gasteiger partial charge in [0.05, 0.1) is 14.2 Å². The molecule has 1 heterocycles. The van der Waals surface area contributed by atoms with Gasteiger partial charge in [-0.25, -0.2) is 19.3 Å². The summed E-state index contributed by atoms with van der Waals surface area (Å²) in [7, 11) is 2.28. The average Bonchev–Trinajstić information content (AvgIpc) is 3.04. The fourth-order valence-electron chi connectivity index (χ4n) is 1.79. The van der Waals surface area contributed by atoms with Gasteiger partial charge in [0, 0.05) is 0 Å². The Balaban J connectivity index is 2.19. The topological polar surface area (TPSA) is 82.1 Å². The number of carbonyl (C=O) groups is 3. The van der Waals surface area contributed by atoms with E-state index in [0.717, 1.165) is 24.7 Å². The highest BCUT2D eigenvalue weighted by atomic mass is 16.6. The van der Waals surface area contributed by atoms with Crippen molar-refractivity contribution in [1.82, 2.24) is 4.90 Å². The van der Waals surface area contributed by atoms with Gasteiger partial charge in [0.2, 0.25) is 0 Å². The van der Waals surface area contributed by atoms with E-state index in [1.54, 1.807) is 24.3 Å². The summed E-state index contributed by atoms with van der Waals surface area (Å²) >= 11 is 0. The average molecular weight is 315 g/mol. The van der Waals surface area contributed by atoms with Gasteiger partial charge in [0.25, 0.3) is 0 Å². The number of hydrogen-bond donors (Lipinski definition) is 0. The van der Waals surface area contributed by atoms with Crippen LogP contribution in [0.1, 0.15) is 5.56 Å². The SMILES string of the molecule is COC(=O)C1=C=C=C(C(=O)OC)N1C(=O)OCc1ccccc1. The minimum atomic E-state index is -0.938. The number of hydrogen-bond acceptors (Lipinski definition) is 6. The van der Waals surface area contributed by atoms with E-state index >= 15 is 0 Å². The van der Waals surface area contributed by atoms with E-state index in [4.69, 9.17) is 4.74 Å². The summed E-state index contributed by atoms with van der Waals surface area (Å²) < 4.78 is 14.2. The van der Waals surface area contributed by atoms with Gasteiger partial charge in [-0.05, 0) is 17.0 Å². The predicted octanol–water partition coefficient (Wildman–Crippen LogP) is 1.51. The number of ether oxygens (including phenoxy) is 3. The lowest BCUT2D eigenvalue weighted by atomic mass is 10.2. The van der Waals surface area contributed by atoms with Crippen LogP contribution in [0.25, 0.3) is 0 Å². The molecule has 0 spiro atoms. The van der Waals surface area contributed by atoms with Gasteiger partial charge in [-0.3, -0.25) is 0 Å². The minimum Gasteiger partial charge on any atom is -0.464 e. The van der Waals surface area contributed by atoms with Crippen LogP contribution in [0.5, 0.6) is 0 Å². The summed E-state index contributed by atoms with van der Waals surface area (Å²) in [5.41, 5.74) is 4.91. The Hall–Kier alpha value is -3.27. The largest absolute Gasteiger partial charge is 0.464 e. The maximum atomic E-state index is 12.2. The number of carbonyl (C=O) groups excluding carboxylic acids is 3. The van der Waals surface area contributed by atoms with E-state index in [1.807, 2.05) is 6.07 Å². The lowest BCUT2D eigenvalue weighted by Gasteiger charge is -2.19. The van der Waals surface area contributed by atoms with Crippen LogP contribution in [-0.2, 0) is 30.4 Å². The Labute approximate surface area is 132 Å². The molecule has 1 aliphatic rings. The minimum absolute atomic E-state index is 0.0287. The third kappa shape index (κ3) is 3.49. The molecule has 0 aromatic heterocycles. The van der Waals surface area contributed by atoms with Crippen LogP contribution in [0, 0.1) is 0 Å². The maximum absolute atomic E-state index is 12.2. The zero-order valence-corrected chi connectivity index (χ0v) is 12.5. The second-order valence-electron chi connectivity index (χ2n) is 4.31. The van der Waals surface area contributed by atoms with Crippen molar-refractivity contribution in [2.75, 3.05) is 14.2 Å². The lowest BCUT2D eigenvalue weighted by Crippen LogP contribution is -2.35. The molecule has 7 nitrogen and oxygen atoms in total. The summed E-state index contributed by atoms with van der Waals surface area (Å²) in [6, 6.07) is 8.94. The van der Waals surface area contributed by atoms with Gasteiger partial charge in [0.15, 0.2) is 11.4 Å². The molecule has 0 saturated carbocycles. The highest BCUT2D eigenvalue weighted by Crippen LogP contribution is 2.20. The van der Waals surface area contributed by atoms with Crippen molar-refractivity contribution >= 4 is 18.0 Å². The Morgan fingerprint density at radius 1 is 0.957 bits per heavy atom. The van der Waals surface area contributed by atoms with E-state index in [9.17, 15) is 14.4 Å². The predicted molar refractivity (Wildman–Crippen MR) is 76.6 cm³/mol. The molecule has 2 rings (SSSR count). The van der Waals surface area contributed by atoms with E-state index in [2.05, 4.69) is 20.9 Å². The first kappa shape index (κ1) is 16.1. The van der Waals surface area contributed by atoms with Crippen molar-refractivity contribution in [3.05, 3.63) is 58.8 Å². The van der Waals surface area contributed by atoms with Crippen molar-refractivity contribution in [2.24, 2.45) is 0 Å². The van der Waals surface area contributed by atoms with Crippen molar-refractivity contribution in [3.8, 4) is 0 Å². The van der Waals surface area contributed by atoms with E-state index in [0.29, 0.717) is 0 Å². The molecule has 1 amide bonds. The fraction of sp³-hybridized carbons (Fsp3) is 0.188. The molecule has 0 atom stereocenters. The number of esters is 2. The lowest BCUT2D eigenvalue weighted by molar-refractivity contribution is -0.139. The molecule has 1 aromatic carbocycles. The van der Waals surface area contributed by atoms with Crippen molar-refractivity contribution in [1.29, 1.82) is 0 Å².